The smallest absolute Gasteiger partial charge is 0.281 e. The Labute approximate surface area is 110 Å². The molecule has 0 bridgehead atoms. The average molecular weight is 238 g/mol. The molecule has 1 aromatic rings. The van der Waals surface area contributed by atoms with E-state index >= 15 is 0 Å². The molecular formula is C8H9NNaO4S. The molecule has 0 atom stereocenters. The predicted octanol–water partition coefficient (Wildman–Crippen LogP) is 0.260. The third-order valence-electron chi connectivity index (χ3n) is 1.85. The Bertz CT molecular complexity index is 423. The number of rotatable bonds is 2. The first-order valence-corrected chi connectivity index (χ1v) is 5.61. The summed E-state index contributed by atoms with van der Waals surface area (Å²) in [5.74, 6) is 0.123. The molecule has 2 rings (SSSR count). The zero-order valence-corrected chi connectivity index (χ0v) is 11.1. The van der Waals surface area contributed by atoms with E-state index in [1.807, 2.05) is 12.1 Å². The molecule has 1 N–H and O–H groups in total. The molecule has 7 heteroatoms. The van der Waals surface area contributed by atoms with Crippen LogP contribution in [0.2, 0.25) is 0 Å². The SMILES string of the molecule is O=S(=O)(O)CN1Cc2ccccc2O1.[Na]. The summed E-state index contributed by atoms with van der Waals surface area (Å²) in [4.78, 5) is 5.18. The predicted molar refractivity (Wildman–Crippen MR) is 54.8 cm³/mol. The average Bonchev–Trinajstić information content (AvgIpc) is 2.42. The van der Waals surface area contributed by atoms with Gasteiger partial charge in [-0.25, -0.2) is 0 Å². The van der Waals surface area contributed by atoms with Crippen molar-refractivity contribution in [1.29, 1.82) is 0 Å². The van der Waals surface area contributed by atoms with E-state index in [0.717, 1.165) is 5.56 Å². The van der Waals surface area contributed by atoms with E-state index < -0.39 is 16.0 Å². The molecule has 1 radical (unpaired) electrons. The summed E-state index contributed by atoms with van der Waals surface area (Å²) in [7, 11) is -4.02. The summed E-state index contributed by atoms with van der Waals surface area (Å²) in [6.07, 6.45) is 0. The molecule has 5 nitrogen and oxygen atoms in total. The van der Waals surface area contributed by atoms with Crippen molar-refractivity contribution < 1.29 is 17.8 Å². The Balaban J connectivity index is 0.00000112. The Kier molecular flexibility index (Phi) is 4.16. The number of benzene rings is 1. The Morgan fingerprint density at radius 3 is 2.67 bits per heavy atom. The second kappa shape index (κ2) is 4.82. The second-order valence-electron chi connectivity index (χ2n) is 3.05. The van der Waals surface area contributed by atoms with Gasteiger partial charge < -0.3 is 4.84 Å². The largest absolute Gasteiger partial charge is 0.404 e. The summed E-state index contributed by atoms with van der Waals surface area (Å²) in [5.41, 5.74) is 0.913. The molecule has 0 fully saturated rings. The summed E-state index contributed by atoms with van der Waals surface area (Å²) >= 11 is 0. The Morgan fingerprint density at radius 1 is 1.40 bits per heavy atom. The van der Waals surface area contributed by atoms with Gasteiger partial charge in [0.1, 0.15) is 0 Å². The van der Waals surface area contributed by atoms with Gasteiger partial charge in [-0.15, -0.1) is 5.06 Å². The van der Waals surface area contributed by atoms with Crippen LogP contribution in [0.4, 0.5) is 0 Å². The number of nitrogens with zero attached hydrogens (tertiary/aromatic N) is 1. The fourth-order valence-electron chi connectivity index (χ4n) is 1.34. The molecule has 1 aliphatic heterocycles. The summed E-state index contributed by atoms with van der Waals surface area (Å²) in [6.45, 7) is 0.371. The number of para-hydroxylation sites is 1. The van der Waals surface area contributed by atoms with E-state index in [4.69, 9.17) is 9.39 Å². The maximum Gasteiger partial charge on any atom is 0.281 e. The Morgan fingerprint density at radius 2 is 2.07 bits per heavy atom. The molecule has 0 unspecified atom stereocenters. The topological polar surface area (TPSA) is 66.8 Å². The van der Waals surface area contributed by atoms with Crippen LogP contribution >= 0.6 is 0 Å². The van der Waals surface area contributed by atoms with Gasteiger partial charge in [-0.3, -0.25) is 4.55 Å². The Hall–Kier alpha value is -0.110. The first kappa shape index (κ1) is 13.0. The summed E-state index contributed by atoms with van der Waals surface area (Å²) < 4.78 is 29.8. The van der Waals surface area contributed by atoms with Gasteiger partial charge in [0.15, 0.2) is 11.6 Å². The molecule has 1 heterocycles. The van der Waals surface area contributed by atoms with Gasteiger partial charge in [0, 0.05) is 35.1 Å². The molecule has 77 valence electrons. The van der Waals surface area contributed by atoms with Crippen molar-refractivity contribution in [1.82, 2.24) is 5.06 Å². The van der Waals surface area contributed by atoms with Crippen LogP contribution in [0.25, 0.3) is 0 Å². The van der Waals surface area contributed by atoms with Crippen molar-refractivity contribution in [2.45, 2.75) is 6.54 Å². The molecule has 1 aliphatic rings. The van der Waals surface area contributed by atoms with Gasteiger partial charge in [0.05, 0.1) is 6.54 Å². The zero-order valence-electron chi connectivity index (χ0n) is 8.25. The van der Waals surface area contributed by atoms with Gasteiger partial charge in [0.2, 0.25) is 0 Å². The van der Waals surface area contributed by atoms with E-state index in [2.05, 4.69) is 0 Å². The van der Waals surface area contributed by atoms with Crippen LogP contribution in [-0.2, 0) is 16.7 Å². The van der Waals surface area contributed by atoms with Crippen molar-refractivity contribution in [2.24, 2.45) is 0 Å². The minimum atomic E-state index is -4.02. The molecule has 0 spiro atoms. The van der Waals surface area contributed by atoms with Crippen LogP contribution in [0.1, 0.15) is 5.56 Å². The first-order chi connectivity index (χ1) is 6.54. The summed E-state index contributed by atoms with van der Waals surface area (Å²) in [5, 5.41) is 1.19. The van der Waals surface area contributed by atoms with Gasteiger partial charge in [-0.2, -0.15) is 8.42 Å². The number of hydroxylamine groups is 2. The monoisotopic (exact) mass is 238 g/mol. The van der Waals surface area contributed by atoms with Crippen LogP contribution in [0, 0.1) is 0 Å². The molecule has 0 saturated carbocycles. The maximum absolute atomic E-state index is 10.6. The third-order valence-corrected chi connectivity index (χ3v) is 2.47. The van der Waals surface area contributed by atoms with Crippen LogP contribution < -0.4 is 4.84 Å². The molecule has 0 aliphatic carbocycles. The van der Waals surface area contributed by atoms with Crippen molar-refractivity contribution >= 4 is 39.7 Å². The molecule has 15 heavy (non-hydrogen) atoms. The van der Waals surface area contributed by atoms with Crippen LogP contribution in [0.3, 0.4) is 0 Å². The zero-order chi connectivity index (χ0) is 10.2. The molecule has 0 amide bonds. The van der Waals surface area contributed by atoms with Crippen molar-refractivity contribution in [3.05, 3.63) is 29.8 Å². The fourth-order valence-corrected chi connectivity index (χ4v) is 1.85. The van der Waals surface area contributed by atoms with Crippen molar-refractivity contribution in [3.8, 4) is 5.75 Å². The van der Waals surface area contributed by atoms with Gasteiger partial charge in [-0.1, -0.05) is 18.2 Å². The molecular weight excluding hydrogens is 229 g/mol. The maximum atomic E-state index is 10.6. The van der Waals surface area contributed by atoms with E-state index in [0.29, 0.717) is 12.3 Å². The minimum Gasteiger partial charge on any atom is -0.404 e. The standard InChI is InChI=1S/C8H9NO4S.Na/c10-14(11,12)6-9-5-7-3-1-2-4-8(7)13-9;/h1-4H,5-6H2,(H,10,11,12);. The van der Waals surface area contributed by atoms with E-state index in [1.165, 1.54) is 5.06 Å². The second-order valence-corrected chi connectivity index (χ2v) is 4.47. The minimum absolute atomic E-state index is 0. The van der Waals surface area contributed by atoms with Gasteiger partial charge in [0.25, 0.3) is 10.1 Å². The fraction of sp³-hybridized carbons (Fsp3) is 0.250. The summed E-state index contributed by atoms with van der Waals surface area (Å²) in [6, 6.07) is 7.24. The molecule has 0 saturated heterocycles. The van der Waals surface area contributed by atoms with Crippen molar-refractivity contribution in [2.75, 3.05) is 5.88 Å². The molecule has 1 aromatic carbocycles. The van der Waals surface area contributed by atoms with E-state index in [9.17, 15) is 8.42 Å². The number of hydrogen-bond donors (Lipinski definition) is 1. The quantitative estimate of drug-likeness (QED) is 0.591. The van der Waals surface area contributed by atoms with Crippen LogP contribution in [0.15, 0.2) is 24.3 Å². The molecule has 0 aromatic heterocycles. The first-order valence-electron chi connectivity index (χ1n) is 4.00. The normalized spacial score (nSPS) is 15.3. The third kappa shape index (κ3) is 3.44. The van der Waals surface area contributed by atoms with Gasteiger partial charge in [-0.05, 0) is 6.07 Å². The number of fused-ring (bicyclic) bond motifs is 1. The number of hydrogen-bond acceptors (Lipinski definition) is 4. The van der Waals surface area contributed by atoms with Crippen LogP contribution in [-0.4, -0.2) is 53.5 Å². The van der Waals surface area contributed by atoms with Gasteiger partial charge >= 0.3 is 0 Å². The van der Waals surface area contributed by atoms with E-state index in [-0.39, 0.29) is 29.6 Å². The van der Waals surface area contributed by atoms with E-state index in [1.54, 1.807) is 12.1 Å². The van der Waals surface area contributed by atoms with Crippen molar-refractivity contribution in [3.63, 3.8) is 0 Å². The van der Waals surface area contributed by atoms with Crippen LogP contribution in [0.5, 0.6) is 5.75 Å².